The minimum absolute atomic E-state index is 0.183. The Morgan fingerprint density at radius 1 is 0.600 bits per heavy atom. The second-order valence-electron chi connectivity index (χ2n) is 8.80. The molecule has 0 aliphatic heterocycles. The first-order chi connectivity index (χ1) is 14.7. The van der Waals surface area contributed by atoms with Crippen molar-refractivity contribution in [2.75, 3.05) is 20.9 Å². The van der Waals surface area contributed by atoms with E-state index in [1.54, 1.807) is 14.2 Å². The molecule has 0 saturated carbocycles. The van der Waals surface area contributed by atoms with Crippen LogP contribution in [0, 0.1) is 0 Å². The highest BCUT2D eigenvalue weighted by molar-refractivity contribution is 6.60. The molecule has 3 nitrogen and oxygen atoms in total. The smallest absolute Gasteiger partial charge is 0.377 e. The van der Waals surface area contributed by atoms with Gasteiger partial charge in [0, 0.05) is 26.4 Å². The summed E-state index contributed by atoms with van der Waals surface area (Å²) in [4.78, 5) is 0. The molecular weight excluding hydrogens is 395 g/mol. The fraction of sp³-hybridized carbons (Fsp3) is 1.00. The topological polar surface area (TPSA) is 27.7 Å². The van der Waals surface area contributed by atoms with Crippen molar-refractivity contribution >= 4 is 8.80 Å². The molecule has 0 N–H and O–H groups in total. The standard InChI is InChI=1S/C25H53FO3Si/c1-5-7-8-9-10-11-12-13-15-18-21-25(22-19-16-14-17-20-23-26)29-30(27-3,28-4)24-6-2/h25H,5-24H2,1-4H3. The van der Waals surface area contributed by atoms with E-state index in [2.05, 4.69) is 13.8 Å². The summed E-state index contributed by atoms with van der Waals surface area (Å²) in [5.41, 5.74) is 0. The highest BCUT2D eigenvalue weighted by Gasteiger charge is 2.40. The monoisotopic (exact) mass is 448 g/mol. The summed E-state index contributed by atoms with van der Waals surface area (Å²) >= 11 is 0. The summed E-state index contributed by atoms with van der Waals surface area (Å²) in [5, 5.41) is 0. The third-order valence-corrected chi connectivity index (χ3v) is 9.11. The Balaban J connectivity index is 4.21. The van der Waals surface area contributed by atoms with Crippen molar-refractivity contribution < 1.29 is 17.7 Å². The summed E-state index contributed by atoms with van der Waals surface area (Å²) in [6.07, 6.45) is 22.2. The van der Waals surface area contributed by atoms with Crippen LogP contribution < -0.4 is 0 Å². The van der Waals surface area contributed by atoms with Crippen LogP contribution in [0.15, 0.2) is 0 Å². The molecule has 0 heterocycles. The van der Waals surface area contributed by atoms with Crippen molar-refractivity contribution in [1.82, 2.24) is 0 Å². The van der Waals surface area contributed by atoms with Crippen LogP contribution >= 0.6 is 0 Å². The second kappa shape index (κ2) is 22.2. The predicted molar refractivity (Wildman–Crippen MR) is 130 cm³/mol. The zero-order valence-electron chi connectivity index (χ0n) is 20.8. The van der Waals surface area contributed by atoms with Gasteiger partial charge >= 0.3 is 8.80 Å². The first kappa shape index (κ1) is 30.0. The molecule has 0 bridgehead atoms. The molecule has 0 amide bonds. The van der Waals surface area contributed by atoms with Crippen molar-refractivity contribution in [2.45, 2.75) is 142 Å². The Labute approximate surface area is 189 Å². The van der Waals surface area contributed by atoms with Crippen LogP contribution in [-0.2, 0) is 13.3 Å². The van der Waals surface area contributed by atoms with Crippen molar-refractivity contribution in [2.24, 2.45) is 0 Å². The minimum Gasteiger partial charge on any atom is -0.377 e. The maximum absolute atomic E-state index is 12.2. The van der Waals surface area contributed by atoms with Gasteiger partial charge in [-0.25, -0.2) is 0 Å². The quantitative estimate of drug-likeness (QED) is 0.109. The van der Waals surface area contributed by atoms with E-state index in [1.165, 1.54) is 70.6 Å². The summed E-state index contributed by atoms with van der Waals surface area (Å²) in [6.45, 7) is 4.25. The Bertz CT molecular complexity index is 340. The first-order valence-corrected chi connectivity index (χ1v) is 14.9. The zero-order chi connectivity index (χ0) is 22.3. The van der Waals surface area contributed by atoms with Gasteiger partial charge in [-0.3, -0.25) is 4.39 Å². The maximum atomic E-state index is 12.2. The maximum Gasteiger partial charge on any atom is 0.500 e. The van der Waals surface area contributed by atoms with Gasteiger partial charge in [0.1, 0.15) is 0 Å². The number of halogens is 1. The summed E-state index contributed by atoms with van der Waals surface area (Å²) in [5.74, 6) is 0. The first-order valence-electron chi connectivity index (χ1n) is 13.0. The van der Waals surface area contributed by atoms with Gasteiger partial charge in [0.25, 0.3) is 0 Å². The molecule has 0 aromatic heterocycles. The highest BCUT2D eigenvalue weighted by atomic mass is 28.4. The van der Waals surface area contributed by atoms with Gasteiger partial charge in [0.2, 0.25) is 0 Å². The lowest BCUT2D eigenvalue weighted by Gasteiger charge is -2.31. The molecule has 0 aliphatic rings. The minimum atomic E-state index is -2.53. The van der Waals surface area contributed by atoms with Crippen LogP contribution in [0.25, 0.3) is 0 Å². The number of rotatable bonds is 24. The fourth-order valence-corrected chi connectivity index (χ4v) is 6.36. The molecule has 0 saturated heterocycles. The average molecular weight is 449 g/mol. The molecule has 0 radical (unpaired) electrons. The third-order valence-electron chi connectivity index (χ3n) is 6.06. The van der Waals surface area contributed by atoms with Gasteiger partial charge in [0.05, 0.1) is 6.67 Å². The van der Waals surface area contributed by atoms with Crippen molar-refractivity contribution in [3.8, 4) is 0 Å². The van der Waals surface area contributed by atoms with Crippen LogP contribution in [0.4, 0.5) is 4.39 Å². The molecule has 30 heavy (non-hydrogen) atoms. The van der Waals surface area contributed by atoms with E-state index < -0.39 is 8.80 Å². The van der Waals surface area contributed by atoms with E-state index in [9.17, 15) is 4.39 Å². The largest absolute Gasteiger partial charge is 0.500 e. The number of unbranched alkanes of at least 4 members (excludes halogenated alkanes) is 13. The Morgan fingerprint density at radius 2 is 1.03 bits per heavy atom. The lowest BCUT2D eigenvalue weighted by atomic mass is 10.0. The summed E-state index contributed by atoms with van der Waals surface area (Å²) in [6, 6.07) is 0.880. The second-order valence-corrected chi connectivity index (χ2v) is 11.7. The van der Waals surface area contributed by atoms with Crippen LogP contribution in [0.2, 0.25) is 6.04 Å². The van der Waals surface area contributed by atoms with E-state index in [0.717, 1.165) is 44.6 Å². The number of hydrogen-bond acceptors (Lipinski definition) is 3. The molecule has 0 aromatic rings. The zero-order valence-corrected chi connectivity index (χ0v) is 21.8. The number of alkyl halides is 1. The van der Waals surface area contributed by atoms with Gasteiger partial charge in [-0.05, 0) is 19.3 Å². The molecule has 0 aliphatic carbocycles. The van der Waals surface area contributed by atoms with Crippen molar-refractivity contribution in [3.63, 3.8) is 0 Å². The van der Waals surface area contributed by atoms with Gasteiger partial charge < -0.3 is 13.3 Å². The van der Waals surface area contributed by atoms with E-state index in [1.807, 2.05) is 0 Å². The van der Waals surface area contributed by atoms with E-state index >= 15 is 0 Å². The highest BCUT2D eigenvalue weighted by Crippen LogP contribution is 2.24. The number of hydrogen-bond donors (Lipinski definition) is 0. The molecule has 182 valence electrons. The Kier molecular flexibility index (Phi) is 22.2. The third kappa shape index (κ3) is 16.7. The van der Waals surface area contributed by atoms with E-state index in [-0.39, 0.29) is 12.8 Å². The fourth-order valence-electron chi connectivity index (χ4n) is 4.12. The van der Waals surface area contributed by atoms with Gasteiger partial charge in [0.15, 0.2) is 0 Å². The lowest BCUT2D eigenvalue weighted by molar-refractivity contribution is 0.0446. The molecule has 0 fully saturated rings. The molecule has 0 spiro atoms. The molecule has 5 heteroatoms. The van der Waals surface area contributed by atoms with Crippen LogP contribution in [0.3, 0.4) is 0 Å². The molecule has 0 aromatic carbocycles. The van der Waals surface area contributed by atoms with Crippen molar-refractivity contribution in [1.29, 1.82) is 0 Å². The van der Waals surface area contributed by atoms with Crippen molar-refractivity contribution in [3.05, 3.63) is 0 Å². The molecular formula is C25H53FO3Si. The molecule has 1 unspecified atom stereocenters. The summed E-state index contributed by atoms with van der Waals surface area (Å²) < 4.78 is 30.3. The normalized spacial score (nSPS) is 13.1. The van der Waals surface area contributed by atoms with Crippen LogP contribution in [-0.4, -0.2) is 35.8 Å². The predicted octanol–water partition coefficient (Wildman–Crippen LogP) is 8.63. The summed E-state index contributed by atoms with van der Waals surface area (Å²) in [7, 11) is 0.937. The van der Waals surface area contributed by atoms with Crippen LogP contribution in [0.5, 0.6) is 0 Å². The Hall–Kier alpha value is 0.0269. The Morgan fingerprint density at radius 3 is 1.43 bits per heavy atom. The average Bonchev–Trinajstić information content (AvgIpc) is 2.76. The SMILES string of the molecule is CCCCCCCCCCCCC(CCCCCCCF)O[Si](CCC)(OC)OC. The molecule has 1 atom stereocenters. The van der Waals surface area contributed by atoms with E-state index in [0.29, 0.717) is 6.42 Å². The lowest BCUT2D eigenvalue weighted by Crippen LogP contribution is -2.46. The van der Waals surface area contributed by atoms with Gasteiger partial charge in [-0.15, -0.1) is 0 Å². The van der Waals surface area contributed by atoms with E-state index in [4.69, 9.17) is 13.3 Å². The molecule has 0 rings (SSSR count). The van der Waals surface area contributed by atoms with Crippen LogP contribution in [0.1, 0.15) is 129 Å². The van der Waals surface area contributed by atoms with Gasteiger partial charge in [-0.1, -0.05) is 110 Å². The van der Waals surface area contributed by atoms with Gasteiger partial charge in [-0.2, -0.15) is 0 Å².